The number of hydrogen-bond donors (Lipinski definition) is 2. The van der Waals surface area contributed by atoms with Gasteiger partial charge in [-0.3, -0.25) is 0 Å². The van der Waals surface area contributed by atoms with Crippen LogP contribution in [0.25, 0.3) is 16.6 Å². The number of benzene rings is 1. The summed E-state index contributed by atoms with van der Waals surface area (Å²) in [5.74, 6) is 0.849. The highest BCUT2D eigenvalue weighted by Gasteiger charge is 2.16. The van der Waals surface area contributed by atoms with Gasteiger partial charge < -0.3 is 19.8 Å². The van der Waals surface area contributed by atoms with Crippen LogP contribution in [0.15, 0.2) is 30.8 Å². The van der Waals surface area contributed by atoms with E-state index in [4.69, 9.17) is 9.47 Å². The average Bonchev–Trinajstić information content (AvgIpc) is 2.79. The first kappa shape index (κ1) is 15.4. The normalized spacial score (nSPS) is 13.2. The average molecular weight is 288 g/mol. The Bertz CT molecular complexity index is 638. The second-order valence-corrected chi connectivity index (χ2v) is 6.10. The standard InChI is InChI=1S/C17H24N2O2/c1-11(18-12(2)21-17(3,4)5)15-10-13-14(19-15)8-7-9-16(13)20-6/h7-10,12,18-19H,1H2,2-6H3. The lowest BCUT2D eigenvalue weighted by atomic mass is 10.2. The van der Waals surface area contributed by atoms with Crippen molar-refractivity contribution in [2.24, 2.45) is 0 Å². The SMILES string of the molecule is C=C(NC(C)OC(C)(C)C)c1cc2c(OC)cccc2[nH]1. The monoisotopic (exact) mass is 288 g/mol. The zero-order chi connectivity index (χ0) is 15.6. The summed E-state index contributed by atoms with van der Waals surface area (Å²) in [5, 5.41) is 4.31. The van der Waals surface area contributed by atoms with Crippen molar-refractivity contribution in [1.82, 2.24) is 10.3 Å². The van der Waals surface area contributed by atoms with Crippen LogP contribution in [0, 0.1) is 0 Å². The smallest absolute Gasteiger partial charge is 0.128 e. The molecule has 1 atom stereocenters. The Kier molecular flexibility index (Phi) is 4.28. The Hall–Kier alpha value is -1.94. The van der Waals surface area contributed by atoms with E-state index in [-0.39, 0.29) is 11.8 Å². The maximum Gasteiger partial charge on any atom is 0.128 e. The van der Waals surface area contributed by atoms with E-state index in [2.05, 4.69) is 16.9 Å². The van der Waals surface area contributed by atoms with Crippen LogP contribution in [0.1, 0.15) is 33.4 Å². The van der Waals surface area contributed by atoms with Crippen molar-refractivity contribution in [3.63, 3.8) is 0 Å². The van der Waals surface area contributed by atoms with Gasteiger partial charge in [-0.1, -0.05) is 12.6 Å². The first-order valence-electron chi connectivity index (χ1n) is 7.09. The third-order valence-corrected chi connectivity index (χ3v) is 3.08. The van der Waals surface area contributed by atoms with Gasteiger partial charge >= 0.3 is 0 Å². The maximum atomic E-state index is 5.84. The summed E-state index contributed by atoms with van der Waals surface area (Å²) >= 11 is 0. The van der Waals surface area contributed by atoms with Gasteiger partial charge in [0.25, 0.3) is 0 Å². The van der Waals surface area contributed by atoms with Crippen molar-refractivity contribution in [1.29, 1.82) is 0 Å². The molecule has 0 aliphatic carbocycles. The van der Waals surface area contributed by atoms with Crippen molar-refractivity contribution in [3.8, 4) is 5.75 Å². The lowest BCUT2D eigenvalue weighted by Gasteiger charge is -2.26. The quantitative estimate of drug-likeness (QED) is 0.820. The van der Waals surface area contributed by atoms with E-state index in [1.165, 1.54) is 0 Å². The minimum Gasteiger partial charge on any atom is -0.496 e. The minimum absolute atomic E-state index is 0.120. The number of nitrogens with one attached hydrogen (secondary N) is 2. The summed E-state index contributed by atoms with van der Waals surface area (Å²) in [6.45, 7) is 12.1. The third kappa shape index (κ3) is 3.79. The number of methoxy groups -OCH3 is 1. The van der Waals surface area contributed by atoms with Crippen molar-refractivity contribution in [2.45, 2.75) is 39.5 Å². The van der Waals surface area contributed by atoms with Crippen molar-refractivity contribution in [3.05, 3.63) is 36.5 Å². The molecule has 0 bridgehead atoms. The molecule has 0 fully saturated rings. The molecule has 1 heterocycles. The summed E-state index contributed by atoms with van der Waals surface area (Å²) < 4.78 is 11.2. The Labute approximate surface area is 126 Å². The molecule has 0 aliphatic rings. The van der Waals surface area contributed by atoms with Gasteiger partial charge in [0.15, 0.2) is 0 Å². The molecule has 4 heteroatoms. The molecule has 2 aromatic rings. The molecule has 4 nitrogen and oxygen atoms in total. The predicted molar refractivity (Wildman–Crippen MR) is 87.3 cm³/mol. The number of ether oxygens (including phenoxy) is 2. The van der Waals surface area contributed by atoms with Crippen molar-refractivity contribution < 1.29 is 9.47 Å². The molecule has 0 saturated heterocycles. The summed E-state index contributed by atoms with van der Waals surface area (Å²) in [4.78, 5) is 3.34. The van der Waals surface area contributed by atoms with Crippen LogP contribution in [0.3, 0.4) is 0 Å². The zero-order valence-corrected chi connectivity index (χ0v) is 13.4. The van der Waals surface area contributed by atoms with E-state index >= 15 is 0 Å². The first-order valence-corrected chi connectivity index (χ1v) is 7.09. The topological polar surface area (TPSA) is 46.3 Å². The lowest BCUT2D eigenvalue weighted by molar-refractivity contribution is -0.0585. The molecule has 21 heavy (non-hydrogen) atoms. The molecule has 0 aliphatic heterocycles. The van der Waals surface area contributed by atoms with Gasteiger partial charge in [-0.15, -0.1) is 0 Å². The van der Waals surface area contributed by atoms with Gasteiger partial charge in [0.2, 0.25) is 0 Å². The van der Waals surface area contributed by atoms with Crippen LogP contribution < -0.4 is 10.1 Å². The van der Waals surface area contributed by atoms with Gasteiger partial charge in [-0.25, -0.2) is 0 Å². The summed E-state index contributed by atoms with van der Waals surface area (Å²) in [6, 6.07) is 7.96. The second-order valence-electron chi connectivity index (χ2n) is 6.10. The van der Waals surface area contributed by atoms with E-state index < -0.39 is 0 Å². The largest absolute Gasteiger partial charge is 0.496 e. The first-order chi connectivity index (χ1) is 9.80. The Morgan fingerprint density at radius 1 is 1.33 bits per heavy atom. The lowest BCUT2D eigenvalue weighted by Crippen LogP contribution is -2.34. The molecular weight excluding hydrogens is 264 g/mol. The molecule has 2 rings (SSSR count). The van der Waals surface area contributed by atoms with Crippen LogP contribution in [0.2, 0.25) is 0 Å². The highest BCUT2D eigenvalue weighted by molar-refractivity contribution is 5.89. The number of aromatic nitrogens is 1. The molecule has 2 N–H and O–H groups in total. The molecule has 1 aromatic carbocycles. The zero-order valence-electron chi connectivity index (χ0n) is 13.4. The van der Waals surface area contributed by atoms with E-state index in [0.717, 1.165) is 28.0 Å². The molecule has 1 aromatic heterocycles. The predicted octanol–water partition coefficient (Wildman–Crippen LogP) is 3.90. The van der Waals surface area contributed by atoms with Gasteiger partial charge in [-0.05, 0) is 45.9 Å². The van der Waals surface area contributed by atoms with Crippen molar-refractivity contribution in [2.75, 3.05) is 7.11 Å². The highest BCUT2D eigenvalue weighted by atomic mass is 16.5. The summed E-state index contributed by atoms with van der Waals surface area (Å²) in [5.41, 5.74) is 2.55. The Morgan fingerprint density at radius 3 is 2.67 bits per heavy atom. The Morgan fingerprint density at radius 2 is 2.05 bits per heavy atom. The molecule has 1 unspecified atom stereocenters. The number of hydrogen-bond acceptors (Lipinski definition) is 3. The van der Waals surface area contributed by atoms with Crippen molar-refractivity contribution >= 4 is 16.6 Å². The van der Waals surface area contributed by atoms with Crippen LogP contribution >= 0.6 is 0 Å². The summed E-state index contributed by atoms with van der Waals surface area (Å²) in [6.07, 6.45) is -0.120. The fourth-order valence-corrected chi connectivity index (χ4v) is 2.35. The Balaban J connectivity index is 2.16. The van der Waals surface area contributed by atoms with Crippen LogP contribution in [-0.4, -0.2) is 23.9 Å². The van der Waals surface area contributed by atoms with Crippen LogP contribution in [0.5, 0.6) is 5.75 Å². The molecule has 0 spiro atoms. The van der Waals surface area contributed by atoms with Crippen LogP contribution in [-0.2, 0) is 4.74 Å². The van der Waals surface area contributed by atoms with Crippen LogP contribution in [0.4, 0.5) is 0 Å². The van der Waals surface area contributed by atoms with Gasteiger partial charge in [0, 0.05) is 10.9 Å². The number of rotatable bonds is 5. The fraction of sp³-hybridized carbons (Fsp3) is 0.412. The van der Waals surface area contributed by atoms with E-state index in [1.54, 1.807) is 7.11 Å². The third-order valence-electron chi connectivity index (χ3n) is 3.08. The molecule has 0 amide bonds. The molecule has 0 saturated carbocycles. The minimum atomic E-state index is -0.198. The van der Waals surface area contributed by atoms with E-state index in [9.17, 15) is 0 Å². The second kappa shape index (κ2) is 5.82. The van der Waals surface area contributed by atoms with E-state index in [1.807, 2.05) is 52.0 Å². The summed E-state index contributed by atoms with van der Waals surface area (Å²) in [7, 11) is 1.67. The number of H-pyrrole nitrogens is 1. The highest BCUT2D eigenvalue weighted by Crippen LogP contribution is 2.27. The molecular formula is C17H24N2O2. The number of fused-ring (bicyclic) bond motifs is 1. The fourth-order valence-electron chi connectivity index (χ4n) is 2.35. The van der Waals surface area contributed by atoms with Gasteiger partial charge in [0.1, 0.15) is 12.0 Å². The number of aromatic amines is 1. The van der Waals surface area contributed by atoms with Gasteiger partial charge in [0.05, 0.1) is 24.1 Å². The molecule has 0 radical (unpaired) electrons. The van der Waals surface area contributed by atoms with Gasteiger partial charge in [-0.2, -0.15) is 0 Å². The maximum absolute atomic E-state index is 5.84. The molecule has 114 valence electrons. The van der Waals surface area contributed by atoms with E-state index in [0.29, 0.717) is 0 Å².